The van der Waals surface area contributed by atoms with Crippen LogP contribution >= 0.6 is 0 Å². The maximum absolute atomic E-state index is 12.2. The van der Waals surface area contributed by atoms with Crippen LogP contribution in [0.5, 0.6) is 0 Å². The Morgan fingerprint density at radius 2 is 2.00 bits per heavy atom. The largest absolute Gasteiger partial charge is 0.481 e. The van der Waals surface area contributed by atoms with E-state index in [2.05, 4.69) is 0 Å². The molecule has 106 valence electrons. The van der Waals surface area contributed by atoms with Crippen molar-refractivity contribution in [1.29, 1.82) is 0 Å². The number of carbonyl (C=O) groups is 2. The van der Waals surface area contributed by atoms with Gasteiger partial charge in [0.1, 0.15) is 0 Å². The molecule has 0 radical (unpaired) electrons. The minimum Gasteiger partial charge on any atom is -0.481 e. The van der Waals surface area contributed by atoms with Crippen LogP contribution in [0.3, 0.4) is 0 Å². The van der Waals surface area contributed by atoms with Crippen molar-refractivity contribution in [2.45, 2.75) is 39.0 Å². The molecule has 3 rings (SSSR count). The predicted octanol–water partition coefficient (Wildman–Crippen LogP) is 1.99. The Labute approximate surface area is 114 Å². The van der Waals surface area contributed by atoms with E-state index in [-0.39, 0.29) is 17.7 Å². The lowest BCUT2D eigenvalue weighted by atomic mass is 9.83. The highest BCUT2D eigenvalue weighted by Crippen LogP contribution is 2.49. The van der Waals surface area contributed by atoms with Crippen LogP contribution in [0.2, 0.25) is 0 Å². The van der Waals surface area contributed by atoms with Crippen molar-refractivity contribution in [2.75, 3.05) is 13.1 Å². The Kier molecular flexibility index (Phi) is 3.27. The van der Waals surface area contributed by atoms with Gasteiger partial charge in [-0.15, -0.1) is 0 Å². The second-order valence-corrected chi connectivity index (χ2v) is 6.82. The Morgan fingerprint density at radius 1 is 1.26 bits per heavy atom. The van der Waals surface area contributed by atoms with Crippen molar-refractivity contribution in [3.8, 4) is 0 Å². The van der Waals surface area contributed by atoms with Gasteiger partial charge in [-0.1, -0.05) is 13.3 Å². The van der Waals surface area contributed by atoms with Gasteiger partial charge in [0.25, 0.3) is 0 Å². The fraction of sp³-hybridized carbons (Fsp3) is 0.867. The Balaban J connectivity index is 1.44. The summed E-state index contributed by atoms with van der Waals surface area (Å²) in [5.41, 5.74) is 0. The number of aliphatic carboxylic acids is 1. The van der Waals surface area contributed by atoms with Gasteiger partial charge >= 0.3 is 5.97 Å². The molecular weight excluding hydrogens is 242 g/mol. The molecule has 1 aliphatic heterocycles. The summed E-state index contributed by atoms with van der Waals surface area (Å²) in [6.45, 7) is 3.03. The molecule has 4 atom stereocenters. The van der Waals surface area contributed by atoms with Gasteiger partial charge in [-0.3, -0.25) is 9.59 Å². The van der Waals surface area contributed by atoms with E-state index in [9.17, 15) is 9.59 Å². The third-order valence-electron chi connectivity index (χ3n) is 5.68. The van der Waals surface area contributed by atoms with Crippen LogP contribution in [0.1, 0.15) is 39.0 Å². The van der Waals surface area contributed by atoms with Gasteiger partial charge in [0.2, 0.25) is 5.91 Å². The number of hydrogen-bond acceptors (Lipinski definition) is 2. The maximum Gasteiger partial charge on any atom is 0.306 e. The highest BCUT2D eigenvalue weighted by molar-refractivity contribution is 5.78. The standard InChI is InChI=1S/C15H23NO3/c1-9(15(18)19)13-7-16(8-13)14(17)6-12-5-10-2-3-11(12)4-10/h9-13H,2-8H2,1H3,(H,18,19). The maximum atomic E-state index is 12.2. The molecule has 4 nitrogen and oxygen atoms in total. The molecule has 4 unspecified atom stereocenters. The molecule has 0 aromatic heterocycles. The Bertz CT molecular complexity index is 389. The van der Waals surface area contributed by atoms with Gasteiger partial charge in [-0.05, 0) is 37.0 Å². The first kappa shape index (κ1) is 12.9. The van der Waals surface area contributed by atoms with Crippen molar-refractivity contribution in [1.82, 2.24) is 4.90 Å². The normalized spacial score (nSPS) is 35.2. The molecule has 3 fully saturated rings. The van der Waals surface area contributed by atoms with Crippen molar-refractivity contribution in [2.24, 2.45) is 29.6 Å². The Morgan fingerprint density at radius 3 is 2.53 bits per heavy atom. The molecule has 1 heterocycles. The highest BCUT2D eigenvalue weighted by Gasteiger charge is 2.42. The lowest BCUT2D eigenvalue weighted by Gasteiger charge is -2.42. The summed E-state index contributed by atoms with van der Waals surface area (Å²) in [5, 5.41) is 8.94. The van der Waals surface area contributed by atoms with E-state index in [1.807, 2.05) is 4.90 Å². The minimum absolute atomic E-state index is 0.154. The summed E-state index contributed by atoms with van der Waals surface area (Å²) in [4.78, 5) is 24.9. The molecule has 1 N–H and O–H groups in total. The zero-order valence-corrected chi connectivity index (χ0v) is 11.5. The van der Waals surface area contributed by atoms with Gasteiger partial charge in [0, 0.05) is 25.4 Å². The van der Waals surface area contributed by atoms with Crippen LogP contribution in [0.15, 0.2) is 0 Å². The molecule has 2 saturated carbocycles. The highest BCUT2D eigenvalue weighted by atomic mass is 16.4. The minimum atomic E-state index is -0.745. The smallest absolute Gasteiger partial charge is 0.306 e. The zero-order valence-electron chi connectivity index (χ0n) is 11.5. The Hall–Kier alpha value is -1.06. The molecule has 2 aliphatic carbocycles. The molecule has 2 bridgehead atoms. The molecule has 1 amide bonds. The second-order valence-electron chi connectivity index (χ2n) is 6.82. The van der Waals surface area contributed by atoms with Gasteiger partial charge < -0.3 is 10.0 Å². The number of fused-ring (bicyclic) bond motifs is 2. The van der Waals surface area contributed by atoms with Crippen molar-refractivity contribution >= 4 is 11.9 Å². The third kappa shape index (κ3) is 2.37. The van der Waals surface area contributed by atoms with E-state index >= 15 is 0 Å². The van der Waals surface area contributed by atoms with Crippen LogP contribution in [0.25, 0.3) is 0 Å². The molecule has 0 spiro atoms. The van der Waals surface area contributed by atoms with E-state index < -0.39 is 5.97 Å². The number of carboxylic acid groups (broad SMARTS) is 1. The van der Waals surface area contributed by atoms with Gasteiger partial charge in [0.05, 0.1) is 5.92 Å². The summed E-state index contributed by atoms with van der Waals surface area (Å²) in [7, 11) is 0. The van der Waals surface area contributed by atoms with E-state index in [1.54, 1.807) is 6.92 Å². The fourth-order valence-electron chi connectivity index (χ4n) is 4.21. The van der Waals surface area contributed by atoms with Crippen LogP contribution in [0, 0.1) is 29.6 Å². The predicted molar refractivity (Wildman–Crippen MR) is 70.4 cm³/mol. The number of rotatable bonds is 4. The summed E-state index contributed by atoms with van der Waals surface area (Å²) >= 11 is 0. The van der Waals surface area contributed by atoms with E-state index in [0.717, 1.165) is 11.8 Å². The lowest BCUT2D eigenvalue weighted by molar-refractivity contribution is -0.151. The van der Waals surface area contributed by atoms with Gasteiger partial charge in [-0.25, -0.2) is 0 Å². The topological polar surface area (TPSA) is 57.6 Å². The zero-order chi connectivity index (χ0) is 13.6. The number of carbonyl (C=O) groups excluding carboxylic acids is 1. The summed E-state index contributed by atoms with van der Waals surface area (Å²) in [6, 6.07) is 0. The third-order valence-corrected chi connectivity index (χ3v) is 5.68. The summed E-state index contributed by atoms with van der Waals surface area (Å²) in [5.74, 6) is 1.63. The fourth-order valence-corrected chi connectivity index (χ4v) is 4.21. The number of amides is 1. The monoisotopic (exact) mass is 265 g/mol. The average molecular weight is 265 g/mol. The molecule has 1 saturated heterocycles. The average Bonchev–Trinajstić information content (AvgIpc) is 2.88. The molecule has 0 aromatic rings. The first-order valence-electron chi connectivity index (χ1n) is 7.55. The molecule has 0 aromatic carbocycles. The van der Waals surface area contributed by atoms with E-state index in [4.69, 9.17) is 5.11 Å². The van der Waals surface area contributed by atoms with Crippen LogP contribution < -0.4 is 0 Å². The second kappa shape index (κ2) is 4.80. The van der Waals surface area contributed by atoms with Crippen LogP contribution in [-0.4, -0.2) is 35.0 Å². The van der Waals surface area contributed by atoms with Crippen LogP contribution in [0.4, 0.5) is 0 Å². The van der Waals surface area contributed by atoms with Gasteiger partial charge in [-0.2, -0.15) is 0 Å². The first-order valence-corrected chi connectivity index (χ1v) is 7.55. The number of carboxylic acids is 1. The van der Waals surface area contributed by atoms with Crippen molar-refractivity contribution in [3.63, 3.8) is 0 Å². The van der Waals surface area contributed by atoms with E-state index in [1.165, 1.54) is 25.7 Å². The lowest BCUT2D eigenvalue weighted by Crippen LogP contribution is -2.53. The summed E-state index contributed by atoms with van der Waals surface area (Å²) < 4.78 is 0. The number of likely N-dealkylation sites (tertiary alicyclic amines) is 1. The quantitative estimate of drug-likeness (QED) is 0.845. The molecule has 3 aliphatic rings. The molecular formula is C15H23NO3. The molecule has 19 heavy (non-hydrogen) atoms. The van der Waals surface area contributed by atoms with Crippen LogP contribution in [-0.2, 0) is 9.59 Å². The number of nitrogens with zero attached hydrogens (tertiary/aromatic N) is 1. The van der Waals surface area contributed by atoms with Crippen molar-refractivity contribution < 1.29 is 14.7 Å². The van der Waals surface area contributed by atoms with Gasteiger partial charge in [0.15, 0.2) is 0 Å². The SMILES string of the molecule is CC(C(=O)O)C1CN(C(=O)CC2CC3CCC2C3)C1. The number of hydrogen-bond donors (Lipinski definition) is 1. The summed E-state index contributed by atoms with van der Waals surface area (Å²) in [6.07, 6.45) is 5.99. The first-order chi connectivity index (χ1) is 9.04. The molecule has 4 heteroatoms. The van der Waals surface area contributed by atoms with Crippen molar-refractivity contribution in [3.05, 3.63) is 0 Å². The van der Waals surface area contributed by atoms with E-state index in [0.29, 0.717) is 25.4 Å².